The van der Waals surface area contributed by atoms with E-state index in [1.54, 1.807) is 36.4 Å². The number of nitrogens with one attached hydrogen (secondary N) is 1. The fourth-order valence-corrected chi connectivity index (χ4v) is 3.31. The van der Waals surface area contributed by atoms with Gasteiger partial charge in [-0.25, -0.2) is 4.79 Å². The molecule has 0 radical (unpaired) electrons. The fraction of sp³-hybridized carbons (Fsp3) is 0.391. The highest BCUT2D eigenvalue weighted by molar-refractivity contribution is 5.94. The predicted octanol–water partition coefficient (Wildman–Crippen LogP) is 3.11. The van der Waals surface area contributed by atoms with Gasteiger partial charge in [0.15, 0.2) is 0 Å². The van der Waals surface area contributed by atoms with E-state index in [0.717, 1.165) is 44.7 Å². The van der Waals surface area contributed by atoms with E-state index in [2.05, 4.69) is 15.1 Å². The molecular formula is C23H29N3O4. The van der Waals surface area contributed by atoms with Crippen LogP contribution in [0.25, 0.3) is 0 Å². The Morgan fingerprint density at radius 1 is 1.00 bits per heavy atom. The summed E-state index contributed by atoms with van der Waals surface area (Å²) in [4.78, 5) is 28.7. The van der Waals surface area contributed by atoms with Gasteiger partial charge < -0.3 is 20.1 Å². The Bertz CT molecular complexity index is 829. The van der Waals surface area contributed by atoms with Crippen molar-refractivity contribution < 1.29 is 19.4 Å². The number of anilines is 2. The lowest BCUT2D eigenvalue weighted by Crippen LogP contribution is -2.48. The Kier molecular flexibility index (Phi) is 7.68. The molecule has 0 atom stereocenters. The number of rotatable bonds is 8. The summed E-state index contributed by atoms with van der Waals surface area (Å²) < 4.78 is 5.19. The Morgan fingerprint density at radius 2 is 1.67 bits per heavy atom. The van der Waals surface area contributed by atoms with Crippen LogP contribution in [0.2, 0.25) is 0 Å². The van der Waals surface area contributed by atoms with Crippen molar-refractivity contribution in [1.82, 2.24) is 4.90 Å². The summed E-state index contributed by atoms with van der Waals surface area (Å²) in [6.07, 6.45) is 1.83. The van der Waals surface area contributed by atoms with Gasteiger partial charge in [-0.2, -0.15) is 0 Å². The Balaban J connectivity index is 1.42. The third kappa shape index (κ3) is 6.22. The molecule has 1 fully saturated rings. The van der Waals surface area contributed by atoms with E-state index in [9.17, 15) is 14.7 Å². The summed E-state index contributed by atoms with van der Waals surface area (Å²) in [5, 5.41) is 12.3. The van der Waals surface area contributed by atoms with E-state index in [-0.39, 0.29) is 17.6 Å². The number of phenols is 1. The second kappa shape index (κ2) is 10.6. The number of ether oxygens (including phenoxy) is 1. The van der Waals surface area contributed by atoms with Crippen molar-refractivity contribution in [3.8, 4) is 5.75 Å². The molecule has 0 aromatic heterocycles. The van der Waals surface area contributed by atoms with Gasteiger partial charge in [-0.1, -0.05) is 13.3 Å². The monoisotopic (exact) mass is 411 g/mol. The lowest BCUT2D eigenvalue weighted by atomic mass is 10.2. The summed E-state index contributed by atoms with van der Waals surface area (Å²) in [5.41, 5.74) is 2.22. The average Bonchev–Trinajstić information content (AvgIpc) is 2.75. The first kappa shape index (κ1) is 21.6. The Labute approximate surface area is 177 Å². The van der Waals surface area contributed by atoms with E-state index >= 15 is 0 Å². The molecule has 0 saturated carbocycles. The Hall–Kier alpha value is -3.06. The number of piperazine rings is 1. The van der Waals surface area contributed by atoms with Crippen LogP contribution in [0.1, 0.15) is 30.1 Å². The van der Waals surface area contributed by atoms with Gasteiger partial charge in [0.1, 0.15) is 5.75 Å². The lowest BCUT2D eigenvalue weighted by Gasteiger charge is -2.35. The van der Waals surface area contributed by atoms with E-state index in [0.29, 0.717) is 24.4 Å². The molecule has 2 aromatic carbocycles. The molecule has 1 aliphatic heterocycles. The summed E-state index contributed by atoms with van der Waals surface area (Å²) in [6, 6.07) is 14.0. The number of amides is 1. The van der Waals surface area contributed by atoms with Crippen molar-refractivity contribution >= 4 is 23.3 Å². The number of nitrogens with zero attached hydrogens (tertiary/aromatic N) is 2. The van der Waals surface area contributed by atoms with E-state index < -0.39 is 0 Å². The number of phenolic OH excluding ortho intramolecular Hbond substituents is 1. The van der Waals surface area contributed by atoms with Crippen LogP contribution in [0.3, 0.4) is 0 Å². The molecule has 1 amide bonds. The number of aromatic hydroxyl groups is 1. The first-order chi connectivity index (χ1) is 14.5. The van der Waals surface area contributed by atoms with Crippen molar-refractivity contribution in [2.24, 2.45) is 0 Å². The number of hydrogen-bond donors (Lipinski definition) is 2. The minimum absolute atomic E-state index is 0.0774. The molecule has 160 valence electrons. The first-order valence-corrected chi connectivity index (χ1v) is 10.4. The highest BCUT2D eigenvalue weighted by Crippen LogP contribution is 2.20. The molecular weight excluding hydrogens is 382 g/mol. The maximum absolute atomic E-state index is 12.4. The van der Waals surface area contributed by atoms with Crippen LogP contribution in [0.15, 0.2) is 48.5 Å². The van der Waals surface area contributed by atoms with Gasteiger partial charge in [0.25, 0.3) is 0 Å². The summed E-state index contributed by atoms with van der Waals surface area (Å²) >= 11 is 0. The van der Waals surface area contributed by atoms with Gasteiger partial charge in [-0.3, -0.25) is 9.69 Å². The molecule has 0 bridgehead atoms. The van der Waals surface area contributed by atoms with Crippen molar-refractivity contribution in [2.75, 3.05) is 49.5 Å². The van der Waals surface area contributed by atoms with Crippen molar-refractivity contribution in [2.45, 2.75) is 19.8 Å². The minimum Gasteiger partial charge on any atom is -0.508 e. The Morgan fingerprint density at radius 3 is 2.30 bits per heavy atom. The van der Waals surface area contributed by atoms with Crippen molar-refractivity contribution in [1.29, 1.82) is 0 Å². The normalized spacial score (nSPS) is 14.4. The zero-order valence-corrected chi connectivity index (χ0v) is 17.3. The summed E-state index contributed by atoms with van der Waals surface area (Å²) in [6.45, 7) is 6.02. The van der Waals surface area contributed by atoms with Crippen LogP contribution in [-0.2, 0) is 9.53 Å². The molecule has 2 N–H and O–H groups in total. The molecule has 1 saturated heterocycles. The van der Waals surface area contributed by atoms with Crippen molar-refractivity contribution in [3.63, 3.8) is 0 Å². The number of carbonyl (C=O) groups is 2. The molecule has 0 unspecified atom stereocenters. The zero-order chi connectivity index (χ0) is 21.3. The topological polar surface area (TPSA) is 82.1 Å². The van der Waals surface area contributed by atoms with Crippen LogP contribution in [-0.4, -0.2) is 61.2 Å². The first-order valence-electron chi connectivity index (χ1n) is 10.4. The number of carbonyl (C=O) groups excluding carboxylic acids is 2. The predicted molar refractivity (Wildman–Crippen MR) is 117 cm³/mol. The standard InChI is InChI=1S/C23H29N3O4/c1-2-3-16-30-23(29)18-4-6-19(7-5-18)24-22(28)17-25-12-14-26(15-13-25)20-8-10-21(27)11-9-20/h4-11,27H,2-3,12-17H2,1H3,(H,24,28). The van der Waals surface area contributed by atoms with Gasteiger partial charge in [0.05, 0.1) is 18.7 Å². The van der Waals surface area contributed by atoms with Crippen molar-refractivity contribution in [3.05, 3.63) is 54.1 Å². The van der Waals surface area contributed by atoms with Crippen LogP contribution in [0, 0.1) is 0 Å². The van der Waals surface area contributed by atoms with Gasteiger partial charge in [0.2, 0.25) is 5.91 Å². The summed E-state index contributed by atoms with van der Waals surface area (Å²) in [7, 11) is 0. The van der Waals surface area contributed by atoms with E-state index in [4.69, 9.17) is 4.74 Å². The lowest BCUT2D eigenvalue weighted by molar-refractivity contribution is -0.117. The van der Waals surface area contributed by atoms with Gasteiger partial charge in [-0.05, 0) is 55.0 Å². The maximum atomic E-state index is 12.4. The zero-order valence-electron chi connectivity index (χ0n) is 17.3. The molecule has 2 aromatic rings. The highest BCUT2D eigenvalue weighted by atomic mass is 16.5. The summed E-state index contributed by atoms with van der Waals surface area (Å²) in [5.74, 6) is -0.158. The van der Waals surface area contributed by atoms with Gasteiger partial charge in [-0.15, -0.1) is 0 Å². The second-order valence-corrected chi connectivity index (χ2v) is 7.39. The number of benzene rings is 2. The van der Waals surface area contributed by atoms with Crippen LogP contribution >= 0.6 is 0 Å². The molecule has 1 heterocycles. The SMILES string of the molecule is CCCCOC(=O)c1ccc(NC(=O)CN2CCN(c3ccc(O)cc3)CC2)cc1. The largest absolute Gasteiger partial charge is 0.508 e. The molecule has 3 rings (SSSR count). The van der Waals surface area contributed by atoms with Gasteiger partial charge >= 0.3 is 5.97 Å². The smallest absolute Gasteiger partial charge is 0.338 e. The molecule has 7 heteroatoms. The number of hydrogen-bond acceptors (Lipinski definition) is 6. The fourth-order valence-electron chi connectivity index (χ4n) is 3.31. The second-order valence-electron chi connectivity index (χ2n) is 7.39. The third-order valence-corrected chi connectivity index (χ3v) is 5.09. The van der Waals surface area contributed by atoms with Crippen LogP contribution in [0.4, 0.5) is 11.4 Å². The molecule has 1 aliphatic rings. The van der Waals surface area contributed by atoms with E-state index in [1.807, 2.05) is 19.1 Å². The molecule has 0 spiro atoms. The molecule has 7 nitrogen and oxygen atoms in total. The van der Waals surface area contributed by atoms with E-state index in [1.165, 1.54) is 0 Å². The molecule has 0 aliphatic carbocycles. The quantitative estimate of drug-likeness (QED) is 0.513. The highest BCUT2D eigenvalue weighted by Gasteiger charge is 2.19. The van der Waals surface area contributed by atoms with Crippen LogP contribution < -0.4 is 10.2 Å². The van der Waals surface area contributed by atoms with Gasteiger partial charge in [0, 0.05) is 37.6 Å². The van der Waals surface area contributed by atoms with Crippen LogP contribution in [0.5, 0.6) is 5.75 Å². The third-order valence-electron chi connectivity index (χ3n) is 5.09. The average molecular weight is 412 g/mol. The number of unbranched alkanes of at least 4 members (excludes halogenated alkanes) is 1. The molecule has 30 heavy (non-hydrogen) atoms. The maximum Gasteiger partial charge on any atom is 0.338 e. The minimum atomic E-state index is -0.340. The number of esters is 1.